The van der Waals surface area contributed by atoms with Crippen molar-refractivity contribution >= 4 is 6.08 Å². The molecule has 1 atom stereocenters. The molecule has 3 rings (SSSR count). The van der Waals surface area contributed by atoms with Crippen LogP contribution in [0, 0.1) is 0 Å². The third kappa shape index (κ3) is 2.35. The Morgan fingerprint density at radius 2 is 1.52 bits per heavy atom. The summed E-state index contributed by atoms with van der Waals surface area (Å²) in [6.07, 6.45) is 5.72. The molecule has 106 valence electrons. The normalized spacial score (nSPS) is 19.4. The molecule has 1 unspecified atom stereocenters. The highest BCUT2D eigenvalue weighted by atomic mass is 14.4. The van der Waals surface area contributed by atoms with E-state index in [-0.39, 0.29) is 5.41 Å². The van der Waals surface area contributed by atoms with Gasteiger partial charge in [0.1, 0.15) is 0 Å². The molecule has 0 nitrogen and oxygen atoms in total. The van der Waals surface area contributed by atoms with Gasteiger partial charge < -0.3 is 0 Å². The number of hydrogen-bond donors (Lipinski definition) is 0. The molecule has 0 heterocycles. The summed E-state index contributed by atoms with van der Waals surface area (Å²) in [5.41, 5.74) is 7.04. The van der Waals surface area contributed by atoms with Crippen molar-refractivity contribution in [3.8, 4) is 0 Å². The molecule has 0 fully saturated rings. The molecular weight excluding hydrogens is 252 g/mol. The maximum atomic E-state index is 2.39. The second kappa shape index (κ2) is 5.37. The van der Waals surface area contributed by atoms with Crippen LogP contribution in [0.5, 0.6) is 0 Å². The second-order valence-corrected chi connectivity index (χ2v) is 6.22. The number of fused-ring (bicyclic) bond motifs is 1. The first-order chi connectivity index (χ1) is 10.1. The SMILES string of the molecule is CC(C)=C(C)CC1(c2ccccc2)C=Cc2ccccc21. The Hall–Kier alpha value is -2.08. The molecule has 21 heavy (non-hydrogen) atoms. The minimum Gasteiger partial charge on any atom is -0.0775 e. The number of rotatable bonds is 3. The lowest BCUT2D eigenvalue weighted by Crippen LogP contribution is -2.24. The molecule has 0 aliphatic heterocycles. The van der Waals surface area contributed by atoms with Crippen LogP contribution < -0.4 is 0 Å². The highest BCUT2D eigenvalue weighted by molar-refractivity contribution is 5.69. The van der Waals surface area contributed by atoms with Crippen molar-refractivity contribution in [1.82, 2.24) is 0 Å². The zero-order valence-electron chi connectivity index (χ0n) is 13.1. The predicted octanol–water partition coefficient (Wildman–Crippen LogP) is 5.75. The molecule has 0 spiro atoms. The van der Waals surface area contributed by atoms with Crippen molar-refractivity contribution in [1.29, 1.82) is 0 Å². The predicted molar refractivity (Wildman–Crippen MR) is 91.4 cm³/mol. The van der Waals surface area contributed by atoms with Gasteiger partial charge in [0.05, 0.1) is 0 Å². The van der Waals surface area contributed by atoms with Crippen molar-refractivity contribution in [2.75, 3.05) is 0 Å². The molecule has 0 saturated heterocycles. The van der Waals surface area contributed by atoms with Gasteiger partial charge in [-0.05, 0) is 43.9 Å². The van der Waals surface area contributed by atoms with Crippen LogP contribution in [-0.2, 0) is 5.41 Å². The molecule has 0 N–H and O–H groups in total. The van der Waals surface area contributed by atoms with Gasteiger partial charge in [0.15, 0.2) is 0 Å². The van der Waals surface area contributed by atoms with Gasteiger partial charge in [-0.15, -0.1) is 0 Å². The van der Waals surface area contributed by atoms with E-state index >= 15 is 0 Å². The Morgan fingerprint density at radius 3 is 2.24 bits per heavy atom. The quantitative estimate of drug-likeness (QED) is 0.625. The van der Waals surface area contributed by atoms with E-state index in [1.165, 1.54) is 27.8 Å². The van der Waals surface area contributed by atoms with E-state index in [9.17, 15) is 0 Å². The van der Waals surface area contributed by atoms with Crippen molar-refractivity contribution in [2.24, 2.45) is 0 Å². The van der Waals surface area contributed by atoms with Gasteiger partial charge in [-0.1, -0.05) is 77.9 Å². The molecule has 0 aromatic heterocycles. The summed E-state index contributed by atoms with van der Waals surface area (Å²) in [7, 11) is 0. The minimum absolute atomic E-state index is 0.0147. The fourth-order valence-corrected chi connectivity index (χ4v) is 3.21. The zero-order chi connectivity index (χ0) is 14.9. The Morgan fingerprint density at radius 1 is 0.857 bits per heavy atom. The zero-order valence-corrected chi connectivity index (χ0v) is 13.1. The molecule has 1 aliphatic rings. The lowest BCUT2D eigenvalue weighted by molar-refractivity contribution is 0.640. The van der Waals surface area contributed by atoms with Crippen LogP contribution in [0.3, 0.4) is 0 Å². The van der Waals surface area contributed by atoms with E-state index in [2.05, 4.69) is 87.5 Å². The molecule has 2 aromatic rings. The van der Waals surface area contributed by atoms with Crippen LogP contribution in [0.1, 0.15) is 43.9 Å². The number of allylic oxidation sites excluding steroid dienone is 3. The Bertz CT molecular complexity index is 700. The summed E-state index contributed by atoms with van der Waals surface area (Å²) >= 11 is 0. The maximum Gasteiger partial charge on any atom is 0.0428 e. The summed E-state index contributed by atoms with van der Waals surface area (Å²) in [6.45, 7) is 6.67. The first-order valence-corrected chi connectivity index (χ1v) is 7.61. The molecule has 0 amide bonds. The Balaban J connectivity index is 2.19. The van der Waals surface area contributed by atoms with Crippen molar-refractivity contribution < 1.29 is 0 Å². The second-order valence-electron chi connectivity index (χ2n) is 6.22. The lowest BCUT2D eigenvalue weighted by atomic mass is 9.71. The van der Waals surface area contributed by atoms with Gasteiger partial charge in [-0.25, -0.2) is 0 Å². The van der Waals surface area contributed by atoms with Gasteiger partial charge in [-0.3, -0.25) is 0 Å². The van der Waals surface area contributed by atoms with Gasteiger partial charge >= 0.3 is 0 Å². The van der Waals surface area contributed by atoms with Crippen LogP contribution >= 0.6 is 0 Å². The first kappa shape index (κ1) is 13.9. The summed E-state index contributed by atoms with van der Waals surface area (Å²) < 4.78 is 0. The summed E-state index contributed by atoms with van der Waals surface area (Å²) in [4.78, 5) is 0. The topological polar surface area (TPSA) is 0 Å². The van der Waals surface area contributed by atoms with Gasteiger partial charge in [0, 0.05) is 5.41 Å². The van der Waals surface area contributed by atoms with E-state index in [4.69, 9.17) is 0 Å². The highest BCUT2D eigenvalue weighted by Gasteiger charge is 2.36. The molecule has 0 saturated carbocycles. The van der Waals surface area contributed by atoms with Gasteiger partial charge in [0.2, 0.25) is 0 Å². The summed E-state index contributed by atoms with van der Waals surface area (Å²) in [6, 6.07) is 19.7. The number of hydrogen-bond acceptors (Lipinski definition) is 0. The monoisotopic (exact) mass is 274 g/mol. The minimum atomic E-state index is -0.0147. The van der Waals surface area contributed by atoms with E-state index in [0.717, 1.165) is 6.42 Å². The molecule has 0 bridgehead atoms. The largest absolute Gasteiger partial charge is 0.0775 e. The van der Waals surface area contributed by atoms with Crippen LogP contribution in [-0.4, -0.2) is 0 Å². The van der Waals surface area contributed by atoms with Crippen LogP contribution in [0.15, 0.2) is 71.8 Å². The van der Waals surface area contributed by atoms with Gasteiger partial charge in [-0.2, -0.15) is 0 Å². The summed E-state index contributed by atoms with van der Waals surface area (Å²) in [5.74, 6) is 0. The Labute approximate surface area is 127 Å². The van der Waals surface area contributed by atoms with Crippen molar-refractivity contribution in [3.63, 3.8) is 0 Å². The van der Waals surface area contributed by atoms with Crippen LogP contribution in [0.4, 0.5) is 0 Å². The van der Waals surface area contributed by atoms with Gasteiger partial charge in [0.25, 0.3) is 0 Å². The van der Waals surface area contributed by atoms with E-state index in [0.29, 0.717) is 0 Å². The third-order valence-electron chi connectivity index (χ3n) is 4.68. The third-order valence-corrected chi connectivity index (χ3v) is 4.68. The maximum absolute atomic E-state index is 2.39. The smallest absolute Gasteiger partial charge is 0.0428 e. The van der Waals surface area contributed by atoms with Crippen LogP contribution in [0.2, 0.25) is 0 Å². The van der Waals surface area contributed by atoms with E-state index in [1.54, 1.807) is 0 Å². The molecular formula is C21H22. The fourth-order valence-electron chi connectivity index (χ4n) is 3.21. The molecule has 0 radical (unpaired) electrons. The van der Waals surface area contributed by atoms with Crippen molar-refractivity contribution in [2.45, 2.75) is 32.6 Å². The lowest BCUT2D eigenvalue weighted by Gasteiger charge is -2.31. The number of benzene rings is 2. The molecule has 0 heteroatoms. The average molecular weight is 274 g/mol. The standard InChI is InChI=1S/C21H22/c1-16(2)17(3)15-21(19-10-5-4-6-11-19)14-13-18-9-7-8-12-20(18)21/h4-14H,15H2,1-3H3. The molecule has 2 aromatic carbocycles. The Kier molecular flexibility index (Phi) is 3.55. The van der Waals surface area contributed by atoms with Crippen LogP contribution in [0.25, 0.3) is 6.08 Å². The summed E-state index contributed by atoms with van der Waals surface area (Å²) in [5, 5.41) is 0. The fraction of sp³-hybridized carbons (Fsp3) is 0.238. The van der Waals surface area contributed by atoms with E-state index in [1.807, 2.05) is 0 Å². The average Bonchev–Trinajstić information content (AvgIpc) is 2.88. The van der Waals surface area contributed by atoms with Crippen molar-refractivity contribution in [3.05, 3.63) is 88.5 Å². The molecule has 1 aliphatic carbocycles. The highest BCUT2D eigenvalue weighted by Crippen LogP contribution is 2.45. The van der Waals surface area contributed by atoms with E-state index < -0.39 is 0 Å². The first-order valence-electron chi connectivity index (χ1n) is 7.61.